The fraction of sp³-hybridized carbons (Fsp3) is 1.00. The Balaban J connectivity index is 1.43. The van der Waals surface area contributed by atoms with Crippen molar-refractivity contribution < 1.29 is 0 Å². The van der Waals surface area contributed by atoms with Crippen LogP contribution in [0.1, 0.15) is 25.7 Å². The van der Waals surface area contributed by atoms with E-state index in [1.54, 1.807) is 0 Å². The van der Waals surface area contributed by atoms with Gasteiger partial charge in [-0.3, -0.25) is 0 Å². The van der Waals surface area contributed by atoms with Crippen LogP contribution in [0, 0.1) is 0 Å². The van der Waals surface area contributed by atoms with E-state index in [1.807, 2.05) is 0 Å². The molecule has 2 aliphatic rings. The first-order valence-electron chi connectivity index (χ1n) is 7.69. The van der Waals surface area contributed by atoms with Crippen molar-refractivity contribution in [2.24, 2.45) is 0 Å². The van der Waals surface area contributed by atoms with Gasteiger partial charge in [0.05, 0.1) is 0 Å². The van der Waals surface area contributed by atoms with E-state index in [0.717, 1.165) is 6.04 Å². The van der Waals surface area contributed by atoms with Gasteiger partial charge in [-0.1, -0.05) is 0 Å². The van der Waals surface area contributed by atoms with Crippen molar-refractivity contribution in [3.05, 3.63) is 0 Å². The molecule has 0 aliphatic carbocycles. The minimum absolute atomic E-state index is 0.778. The highest BCUT2D eigenvalue weighted by Gasteiger charge is 2.15. The first-order chi connectivity index (χ1) is 8.84. The number of piperazine rings is 1. The van der Waals surface area contributed by atoms with Crippen LogP contribution < -0.4 is 10.6 Å². The topological polar surface area (TPSA) is 30.5 Å². The third-order valence-electron chi connectivity index (χ3n) is 4.26. The number of piperidine rings is 1. The van der Waals surface area contributed by atoms with Gasteiger partial charge in [0.2, 0.25) is 0 Å². The van der Waals surface area contributed by atoms with Crippen molar-refractivity contribution in [1.29, 1.82) is 0 Å². The van der Waals surface area contributed by atoms with E-state index in [4.69, 9.17) is 0 Å². The molecular formula is C14H30N4. The van der Waals surface area contributed by atoms with Crippen molar-refractivity contribution in [1.82, 2.24) is 20.4 Å². The molecule has 0 aromatic rings. The largest absolute Gasteiger partial charge is 0.314 e. The smallest absolute Gasteiger partial charge is 0.0107 e. The van der Waals surface area contributed by atoms with Crippen LogP contribution in [-0.4, -0.2) is 75.2 Å². The summed E-state index contributed by atoms with van der Waals surface area (Å²) in [7, 11) is 2.23. The summed E-state index contributed by atoms with van der Waals surface area (Å²) in [5.74, 6) is 0. The molecule has 0 bridgehead atoms. The Hall–Kier alpha value is -0.160. The molecule has 0 saturated carbocycles. The molecule has 4 heteroatoms. The Morgan fingerprint density at radius 1 is 1.06 bits per heavy atom. The molecule has 0 amide bonds. The minimum atomic E-state index is 0.778. The molecule has 2 fully saturated rings. The predicted molar refractivity (Wildman–Crippen MR) is 77.1 cm³/mol. The maximum Gasteiger partial charge on any atom is 0.0107 e. The highest BCUT2D eigenvalue weighted by molar-refractivity contribution is 4.75. The SMILES string of the molecule is CN1CCC(NCCCCN2CCNCC2)CC1. The lowest BCUT2D eigenvalue weighted by Crippen LogP contribution is -2.44. The van der Waals surface area contributed by atoms with E-state index >= 15 is 0 Å². The molecule has 4 nitrogen and oxygen atoms in total. The van der Waals surface area contributed by atoms with Gasteiger partial charge >= 0.3 is 0 Å². The van der Waals surface area contributed by atoms with E-state index < -0.39 is 0 Å². The number of likely N-dealkylation sites (tertiary alicyclic amines) is 1. The van der Waals surface area contributed by atoms with Crippen molar-refractivity contribution in [2.75, 3.05) is 59.4 Å². The fourth-order valence-electron chi connectivity index (χ4n) is 2.91. The zero-order valence-corrected chi connectivity index (χ0v) is 12.0. The van der Waals surface area contributed by atoms with Crippen LogP contribution >= 0.6 is 0 Å². The number of nitrogens with zero attached hydrogens (tertiary/aromatic N) is 2. The Kier molecular flexibility index (Phi) is 6.41. The van der Waals surface area contributed by atoms with Gasteiger partial charge in [-0.2, -0.15) is 0 Å². The zero-order valence-electron chi connectivity index (χ0n) is 12.0. The van der Waals surface area contributed by atoms with Crippen molar-refractivity contribution in [3.63, 3.8) is 0 Å². The van der Waals surface area contributed by atoms with Crippen LogP contribution in [0.25, 0.3) is 0 Å². The van der Waals surface area contributed by atoms with Crippen LogP contribution in [0.3, 0.4) is 0 Å². The summed E-state index contributed by atoms with van der Waals surface area (Å²) in [6.07, 6.45) is 5.33. The molecule has 0 atom stereocenters. The molecule has 2 aliphatic heterocycles. The standard InChI is InChI=1S/C14H30N4/c1-17-10-4-14(5-11-17)16-6-2-3-9-18-12-7-15-8-13-18/h14-16H,2-13H2,1H3. The second-order valence-electron chi connectivity index (χ2n) is 5.83. The average molecular weight is 254 g/mol. The molecule has 0 aromatic heterocycles. The molecule has 2 heterocycles. The minimum Gasteiger partial charge on any atom is -0.314 e. The lowest BCUT2D eigenvalue weighted by molar-refractivity contribution is 0.226. The summed E-state index contributed by atoms with van der Waals surface area (Å²) in [5, 5.41) is 7.13. The quantitative estimate of drug-likeness (QED) is 0.670. The second kappa shape index (κ2) is 8.10. The summed E-state index contributed by atoms with van der Waals surface area (Å²) in [6, 6.07) is 0.778. The van der Waals surface area contributed by atoms with Gasteiger partial charge in [0.25, 0.3) is 0 Å². The fourth-order valence-corrected chi connectivity index (χ4v) is 2.91. The number of hydrogen-bond donors (Lipinski definition) is 2. The number of hydrogen-bond acceptors (Lipinski definition) is 4. The van der Waals surface area contributed by atoms with Crippen LogP contribution in [0.5, 0.6) is 0 Å². The van der Waals surface area contributed by atoms with Gasteiger partial charge in [0, 0.05) is 32.2 Å². The zero-order chi connectivity index (χ0) is 12.6. The third-order valence-corrected chi connectivity index (χ3v) is 4.26. The van der Waals surface area contributed by atoms with Crippen LogP contribution in [0.2, 0.25) is 0 Å². The molecule has 0 spiro atoms. The Morgan fingerprint density at radius 2 is 1.78 bits per heavy atom. The first kappa shape index (κ1) is 14.3. The van der Waals surface area contributed by atoms with Gasteiger partial charge in [0.15, 0.2) is 0 Å². The van der Waals surface area contributed by atoms with Crippen LogP contribution in [-0.2, 0) is 0 Å². The van der Waals surface area contributed by atoms with Gasteiger partial charge in [-0.25, -0.2) is 0 Å². The highest BCUT2D eigenvalue weighted by atomic mass is 15.2. The van der Waals surface area contributed by atoms with Gasteiger partial charge in [-0.05, 0) is 58.9 Å². The van der Waals surface area contributed by atoms with E-state index in [9.17, 15) is 0 Å². The molecule has 18 heavy (non-hydrogen) atoms. The third kappa shape index (κ3) is 5.22. The van der Waals surface area contributed by atoms with Crippen molar-refractivity contribution >= 4 is 0 Å². The molecule has 2 saturated heterocycles. The van der Waals surface area contributed by atoms with Crippen molar-refractivity contribution in [2.45, 2.75) is 31.7 Å². The lowest BCUT2D eigenvalue weighted by Gasteiger charge is -2.30. The maximum absolute atomic E-state index is 3.72. The first-order valence-corrected chi connectivity index (χ1v) is 7.69. The Morgan fingerprint density at radius 3 is 2.50 bits per heavy atom. The number of nitrogens with one attached hydrogen (secondary N) is 2. The summed E-state index contributed by atoms with van der Waals surface area (Å²) < 4.78 is 0. The van der Waals surface area contributed by atoms with Crippen LogP contribution in [0.4, 0.5) is 0 Å². The molecule has 0 aromatic carbocycles. The van der Waals surface area contributed by atoms with Gasteiger partial charge in [0.1, 0.15) is 0 Å². The molecule has 0 unspecified atom stereocenters. The maximum atomic E-state index is 3.72. The van der Waals surface area contributed by atoms with E-state index in [-0.39, 0.29) is 0 Å². The second-order valence-corrected chi connectivity index (χ2v) is 5.83. The predicted octanol–water partition coefficient (Wildman–Crippen LogP) is 0.356. The van der Waals surface area contributed by atoms with E-state index in [2.05, 4.69) is 27.5 Å². The van der Waals surface area contributed by atoms with Crippen LogP contribution in [0.15, 0.2) is 0 Å². The van der Waals surface area contributed by atoms with E-state index in [0.29, 0.717) is 0 Å². The summed E-state index contributed by atoms with van der Waals surface area (Å²) >= 11 is 0. The Bertz CT molecular complexity index is 208. The van der Waals surface area contributed by atoms with E-state index in [1.165, 1.54) is 78.0 Å². The summed E-state index contributed by atoms with van der Waals surface area (Å²) in [6.45, 7) is 9.85. The Labute approximate surface area is 112 Å². The molecule has 0 radical (unpaired) electrons. The lowest BCUT2D eigenvalue weighted by atomic mass is 10.1. The average Bonchev–Trinajstić information content (AvgIpc) is 2.42. The summed E-state index contributed by atoms with van der Waals surface area (Å²) in [4.78, 5) is 5.02. The molecule has 2 rings (SSSR count). The van der Waals surface area contributed by atoms with Gasteiger partial charge < -0.3 is 20.4 Å². The number of unbranched alkanes of at least 4 members (excludes halogenated alkanes) is 1. The van der Waals surface area contributed by atoms with Crippen molar-refractivity contribution in [3.8, 4) is 0 Å². The molecule has 106 valence electrons. The van der Waals surface area contributed by atoms with Gasteiger partial charge in [-0.15, -0.1) is 0 Å². The summed E-state index contributed by atoms with van der Waals surface area (Å²) in [5.41, 5.74) is 0. The monoisotopic (exact) mass is 254 g/mol. The highest BCUT2D eigenvalue weighted by Crippen LogP contribution is 2.08. The molecular weight excluding hydrogens is 224 g/mol. The normalized spacial score (nSPS) is 24.5. The molecule has 2 N–H and O–H groups in total. The number of rotatable bonds is 6.